The Morgan fingerprint density at radius 1 is 1.28 bits per heavy atom. The third kappa shape index (κ3) is 3.81. The second kappa shape index (κ2) is 8.59. The number of esters is 1. The average Bonchev–Trinajstić information content (AvgIpc) is 3.24. The Morgan fingerprint density at radius 2 is 1.97 bits per heavy atom. The van der Waals surface area contributed by atoms with E-state index in [1.807, 2.05) is 0 Å². The van der Waals surface area contributed by atoms with Crippen molar-refractivity contribution in [3.8, 4) is 5.69 Å². The van der Waals surface area contributed by atoms with Gasteiger partial charge in [-0.25, -0.2) is 9.59 Å². The van der Waals surface area contributed by atoms with Crippen LogP contribution in [-0.4, -0.2) is 57.9 Å². The van der Waals surface area contributed by atoms with Crippen molar-refractivity contribution in [3.05, 3.63) is 35.7 Å². The molecule has 1 saturated carbocycles. The molecule has 0 bridgehead atoms. The number of carbonyl (C=O) groups excluding carboxylic acids is 2. The Labute approximate surface area is 170 Å². The summed E-state index contributed by atoms with van der Waals surface area (Å²) in [7, 11) is 3.05. The maximum atomic E-state index is 12.6. The fourth-order valence-corrected chi connectivity index (χ4v) is 3.92. The number of amides is 1. The van der Waals surface area contributed by atoms with Crippen LogP contribution in [0.25, 0.3) is 5.69 Å². The molecule has 0 unspecified atom stereocenters. The molecule has 0 aliphatic heterocycles. The van der Waals surface area contributed by atoms with Crippen LogP contribution in [0.3, 0.4) is 0 Å². The molecule has 2 aromatic rings. The third-order valence-electron chi connectivity index (χ3n) is 5.71. The summed E-state index contributed by atoms with van der Waals surface area (Å²) in [5, 5.41) is 12.3. The highest BCUT2D eigenvalue weighted by atomic mass is 16.6. The summed E-state index contributed by atoms with van der Waals surface area (Å²) in [6.45, 7) is 4.26. The molecule has 0 N–H and O–H groups in total. The normalized spacial score (nSPS) is 21.4. The monoisotopic (exact) mass is 401 g/mol. The van der Waals surface area contributed by atoms with E-state index in [1.165, 1.54) is 11.8 Å². The minimum atomic E-state index is -0.731. The van der Waals surface area contributed by atoms with Crippen LogP contribution in [0, 0.1) is 5.92 Å². The van der Waals surface area contributed by atoms with Crippen molar-refractivity contribution in [2.24, 2.45) is 5.92 Å². The number of aromatic nitrogens is 4. The van der Waals surface area contributed by atoms with Crippen molar-refractivity contribution in [3.63, 3.8) is 0 Å². The number of benzene rings is 1. The van der Waals surface area contributed by atoms with Crippen LogP contribution in [0.4, 0.5) is 4.79 Å². The quantitative estimate of drug-likeness (QED) is 0.710. The molecule has 0 spiro atoms. The first-order valence-electron chi connectivity index (χ1n) is 9.81. The summed E-state index contributed by atoms with van der Waals surface area (Å²) in [5.74, 6) is 0.578. The second-order valence-corrected chi connectivity index (χ2v) is 7.40. The number of hydrogen-bond acceptors (Lipinski definition) is 7. The number of nitrogens with zero attached hydrogens (tertiary/aromatic N) is 5. The molecule has 1 aromatic carbocycles. The Kier molecular flexibility index (Phi) is 6.14. The highest BCUT2D eigenvalue weighted by Crippen LogP contribution is 2.43. The molecular weight excluding hydrogens is 374 g/mol. The largest absolute Gasteiger partial charge is 0.465 e. The number of methoxy groups -OCH3 is 1. The van der Waals surface area contributed by atoms with Crippen LogP contribution in [0.1, 0.15) is 55.7 Å². The molecular formula is C20H27N5O4. The summed E-state index contributed by atoms with van der Waals surface area (Å²) in [6.07, 6.45) is 2.83. The van der Waals surface area contributed by atoms with Crippen LogP contribution in [0.2, 0.25) is 0 Å². The molecule has 29 heavy (non-hydrogen) atoms. The summed E-state index contributed by atoms with van der Waals surface area (Å²) >= 11 is 0. The zero-order valence-electron chi connectivity index (χ0n) is 17.3. The fraction of sp³-hybridized carbons (Fsp3) is 0.550. The molecule has 0 atom stereocenters. The zero-order valence-corrected chi connectivity index (χ0v) is 17.3. The molecule has 1 fully saturated rings. The van der Waals surface area contributed by atoms with Gasteiger partial charge in [0.25, 0.3) is 0 Å². The van der Waals surface area contributed by atoms with Crippen molar-refractivity contribution in [2.45, 2.75) is 45.1 Å². The highest BCUT2D eigenvalue weighted by molar-refractivity contribution is 5.93. The first-order valence-corrected chi connectivity index (χ1v) is 9.81. The Balaban J connectivity index is 2.13. The lowest BCUT2D eigenvalue weighted by Crippen LogP contribution is -2.51. The van der Waals surface area contributed by atoms with Gasteiger partial charge in [-0.3, -0.25) is 4.90 Å². The maximum absolute atomic E-state index is 12.6. The van der Waals surface area contributed by atoms with E-state index < -0.39 is 17.6 Å². The van der Waals surface area contributed by atoms with E-state index >= 15 is 0 Å². The Bertz CT molecular complexity index is 873. The van der Waals surface area contributed by atoms with Gasteiger partial charge in [-0.15, -0.1) is 5.10 Å². The van der Waals surface area contributed by atoms with Gasteiger partial charge < -0.3 is 9.47 Å². The molecule has 1 heterocycles. The number of ether oxygens (including phenoxy) is 2. The maximum Gasteiger partial charge on any atom is 0.410 e. The summed E-state index contributed by atoms with van der Waals surface area (Å²) in [5.41, 5.74) is 0.127. The van der Waals surface area contributed by atoms with E-state index in [4.69, 9.17) is 9.47 Å². The minimum Gasteiger partial charge on any atom is -0.465 e. The van der Waals surface area contributed by atoms with E-state index in [0.717, 1.165) is 12.8 Å². The summed E-state index contributed by atoms with van der Waals surface area (Å²) < 4.78 is 11.7. The molecule has 1 aliphatic carbocycles. The molecule has 1 aromatic heterocycles. The number of para-hydroxylation sites is 1. The molecule has 1 aliphatic rings. The summed E-state index contributed by atoms with van der Waals surface area (Å²) in [6, 6.07) is 6.98. The molecule has 1 amide bonds. The summed E-state index contributed by atoms with van der Waals surface area (Å²) in [4.78, 5) is 26.5. The highest BCUT2D eigenvalue weighted by Gasteiger charge is 2.47. The average molecular weight is 401 g/mol. The molecule has 3 rings (SSSR count). The predicted molar refractivity (Wildman–Crippen MR) is 105 cm³/mol. The van der Waals surface area contributed by atoms with Gasteiger partial charge >= 0.3 is 12.1 Å². The lowest BCUT2D eigenvalue weighted by molar-refractivity contribution is 0.0310. The van der Waals surface area contributed by atoms with Gasteiger partial charge in [0.15, 0.2) is 5.82 Å². The lowest BCUT2D eigenvalue weighted by atomic mass is 9.75. The first-order chi connectivity index (χ1) is 13.9. The van der Waals surface area contributed by atoms with Gasteiger partial charge in [-0.2, -0.15) is 4.68 Å². The van der Waals surface area contributed by atoms with Crippen LogP contribution in [0.15, 0.2) is 24.3 Å². The standard InChI is InChI=1S/C20H27N5O4/c1-5-29-19(27)24(3)20(12-10-14(2)11-13-20)18-21-22-23-25(18)16-9-7-6-8-15(16)17(26)28-4/h6-9,14H,5,10-13H2,1-4H3. The predicted octanol–water partition coefficient (Wildman–Crippen LogP) is 2.94. The molecule has 0 radical (unpaired) electrons. The van der Waals surface area contributed by atoms with Crippen molar-refractivity contribution < 1.29 is 19.1 Å². The van der Waals surface area contributed by atoms with Gasteiger partial charge in [-0.1, -0.05) is 19.1 Å². The molecule has 9 nitrogen and oxygen atoms in total. The van der Waals surface area contributed by atoms with Crippen molar-refractivity contribution in [1.82, 2.24) is 25.1 Å². The van der Waals surface area contributed by atoms with Crippen molar-refractivity contribution in [1.29, 1.82) is 0 Å². The minimum absolute atomic E-state index is 0.284. The van der Waals surface area contributed by atoms with E-state index in [2.05, 4.69) is 22.4 Å². The third-order valence-corrected chi connectivity index (χ3v) is 5.71. The first kappa shape index (κ1) is 20.8. The smallest absolute Gasteiger partial charge is 0.410 e. The van der Waals surface area contributed by atoms with E-state index in [9.17, 15) is 9.59 Å². The van der Waals surface area contributed by atoms with Crippen molar-refractivity contribution in [2.75, 3.05) is 20.8 Å². The number of hydrogen-bond donors (Lipinski definition) is 0. The lowest BCUT2D eigenvalue weighted by Gasteiger charge is -2.44. The van der Waals surface area contributed by atoms with Gasteiger partial charge in [-0.05, 0) is 61.1 Å². The van der Waals surface area contributed by atoms with Crippen LogP contribution in [0.5, 0.6) is 0 Å². The van der Waals surface area contributed by atoms with Crippen LogP contribution < -0.4 is 0 Å². The fourth-order valence-electron chi connectivity index (χ4n) is 3.92. The van der Waals surface area contributed by atoms with E-state index in [1.54, 1.807) is 43.1 Å². The topological polar surface area (TPSA) is 99.4 Å². The van der Waals surface area contributed by atoms with Crippen LogP contribution >= 0.6 is 0 Å². The molecule has 156 valence electrons. The Morgan fingerprint density at radius 3 is 2.62 bits per heavy atom. The van der Waals surface area contributed by atoms with Crippen molar-refractivity contribution >= 4 is 12.1 Å². The van der Waals surface area contributed by atoms with Crippen LogP contribution in [-0.2, 0) is 15.0 Å². The number of carbonyl (C=O) groups is 2. The van der Waals surface area contributed by atoms with Gasteiger partial charge in [0, 0.05) is 7.05 Å². The number of tetrazole rings is 1. The SMILES string of the molecule is CCOC(=O)N(C)C1(c2nnnn2-c2ccccc2C(=O)OC)CCC(C)CC1. The Hall–Kier alpha value is -2.97. The van der Waals surface area contributed by atoms with E-state index in [-0.39, 0.29) is 6.61 Å². The van der Waals surface area contributed by atoms with Gasteiger partial charge in [0.05, 0.1) is 25.0 Å². The zero-order chi connectivity index (χ0) is 21.0. The van der Waals surface area contributed by atoms with Gasteiger partial charge in [0.2, 0.25) is 0 Å². The molecule has 9 heteroatoms. The van der Waals surface area contributed by atoms with Gasteiger partial charge in [0.1, 0.15) is 5.54 Å². The van der Waals surface area contributed by atoms with E-state index in [0.29, 0.717) is 35.8 Å². The molecule has 0 saturated heterocycles. The second-order valence-electron chi connectivity index (χ2n) is 7.40. The number of rotatable bonds is 5.